The number of carbonyl (C=O) groups is 1. The number of nitrogens with two attached hydrogens (primary N) is 1. The van der Waals surface area contributed by atoms with Crippen LogP contribution in [0, 0.1) is 0 Å². The molecule has 2 atom stereocenters. The Bertz CT molecular complexity index is 209. The Labute approximate surface area is 90.9 Å². The fourth-order valence-electron chi connectivity index (χ4n) is 1.64. The summed E-state index contributed by atoms with van der Waals surface area (Å²) in [5.74, 6) is 0.0823. The molecule has 5 nitrogen and oxygen atoms in total. The Morgan fingerprint density at radius 1 is 1.73 bits per heavy atom. The highest BCUT2D eigenvalue weighted by Crippen LogP contribution is 2.07. The molecule has 5 heteroatoms. The molecule has 2 unspecified atom stereocenters. The van der Waals surface area contributed by atoms with E-state index in [0.717, 1.165) is 19.6 Å². The molecule has 15 heavy (non-hydrogen) atoms. The highest BCUT2D eigenvalue weighted by molar-refractivity contribution is 5.75. The average Bonchev–Trinajstić information content (AvgIpc) is 2.26. The highest BCUT2D eigenvalue weighted by Gasteiger charge is 2.23. The smallest absolute Gasteiger partial charge is 0.221 e. The van der Waals surface area contributed by atoms with E-state index >= 15 is 0 Å². The van der Waals surface area contributed by atoms with E-state index < -0.39 is 0 Å². The molecule has 0 spiro atoms. The zero-order valence-electron chi connectivity index (χ0n) is 9.53. The number of rotatable bonds is 4. The van der Waals surface area contributed by atoms with Gasteiger partial charge in [-0.15, -0.1) is 0 Å². The lowest BCUT2D eigenvalue weighted by Gasteiger charge is -2.34. The Hall–Kier alpha value is -0.650. The first-order chi connectivity index (χ1) is 7.13. The van der Waals surface area contributed by atoms with Gasteiger partial charge in [0.1, 0.15) is 0 Å². The molecule has 0 aromatic rings. The lowest BCUT2D eigenvalue weighted by Crippen LogP contribution is -2.50. The van der Waals surface area contributed by atoms with Gasteiger partial charge in [0, 0.05) is 39.1 Å². The monoisotopic (exact) mass is 215 g/mol. The van der Waals surface area contributed by atoms with Gasteiger partial charge in [0.15, 0.2) is 0 Å². The predicted octanol–water partition coefficient (Wildman–Crippen LogP) is -0.829. The molecule has 0 bridgehead atoms. The van der Waals surface area contributed by atoms with Gasteiger partial charge in [-0.05, 0) is 6.92 Å². The molecule has 1 fully saturated rings. The van der Waals surface area contributed by atoms with E-state index in [4.69, 9.17) is 10.5 Å². The third kappa shape index (κ3) is 4.15. The zero-order chi connectivity index (χ0) is 11.3. The maximum absolute atomic E-state index is 11.1. The lowest BCUT2D eigenvalue weighted by atomic mass is 10.1. The molecule has 1 aliphatic rings. The second-order valence-electron chi connectivity index (χ2n) is 3.99. The van der Waals surface area contributed by atoms with Gasteiger partial charge in [-0.25, -0.2) is 0 Å². The standard InChI is InChI=1S/C10H21N3O2/c1-8(11)9-7-13(5-6-15-9)4-3-10(14)12-2/h8-9H,3-7,11H2,1-2H3,(H,12,14). The van der Waals surface area contributed by atoms with Crippen LogP contribution in [0.4, 0.5) is 0 Å². The second kappa shape index (κ2) is 6.05. The summed E-state index contributed by atoms with van der Waals surface area (Å²) in [6.07, 6.45) is 0.644. The molecule has 88 valence electrons. The third-order valence-electron chi connectivity index (χ3n) is 2.70. The number of ether oxygens (including phenoxy) is 1. The van der Waals surface area contributed by atoms with E-state index in [2.05, 4.69) is 10.2 Å². The number of morpholine rings is 1. The Kier molecular flexibility index (Phi) is 5.01. The van der Waals surface area contributed by atoms with Crippen LogP contribution in [-0.2, 0) is 9.53 Å². The van der Waals surface area contributed by atoms with Gasteiger partial charge in [-0.2, -0.15) is 0 Å². The van der Waals surface area contributed by atoms with E-state index in [9.17, 15) is 4.79 Å². The highest BCUT2D eigenvalue weighted by atomic mass is 16.5. The van der Waals surface area contributed by atoms with Crippen LogP contribution < -0.4 is 11.1 Å². The largest absolute Gasteiger partial charge is 0.374 e. The Morgan fingerprint density at radius 3 is 3.07 bits per heavy atom. The van der Waals surface area contributed by atoms with E-state index in [1.54, 1.807) is 7.05 Å². The first-order valence-electron chi connectivity index (χ1n) is 5.43. The normalized spacial score (nSPS) is 24.9. The number of hydrogen-bond acceptors (Lipinski definition) is 4. The van der Waals surface area contributed by atoms with Crippen molar-refractivity contribution < 1.29 is 9.53 Å². The fraction of sp³-hybridized carbons (Fsp3) is 0.900. The molecule has 1 heterocycles. The summed E-state index contributed by atoms with van der Waals surface area (Å²) >= 11 is 0. The number of nitrogens with one attached hydrogen (secondary N) is 1. The van der Waals surface area contributed by atoms with E-state index in [1.165, 1.54) is 0 Å². The molecule has 0 saturated carbocycles. The van der Waals surface area contributed by atoms with Crippen LogP contribution in [0.1, 0.15) is 13.3 Å². The van der Waals surface area contributed by atoms with Crippen LogP contribution in [0.3, 0.4) is 0 Å². The molecule has 1 rings (SSSR count). The maximum atomic E-state index is 11.1. The van der Waals surface area contributed by atoms with Crippen molar-refractivity contribution in [3.8, 4) is 0 Å². The number of amides is 1. The molecule has 1 amide bonds. The summed E-state index contributed by atoms with van der Waals surface area (Å²) in [5.41, 5.74) is 5.78. The summed E-state index contributed by atoms with van der Waals surface area (Å²) in [6.45, 7) is 5.16. The first kappa shape index (κ1) is 12.4. The fourth-order valence-corrected chi connectivity index (χ4v) is 1.64. The first-order valence-corrected chi connectivity index (χ1v) is 5.43. The summed E-state index contributed by atoms with van der Waals surface area (Å²) < 4.78 is 5.54. The van der Waals surface area contributed by atoms with E-state index in [1.807, 2.05) is 6.92 Å². The van der Waals surface area contributed by atoms with Gasteiger partial charge in [0.2, 0.25) is 5.91 Å². The summed E-state index contributed by atoms with van der Waals surface area (Å²) in [5, 5.41) is 2.62. The molecule has 0 aromatic heterocycles. The third-order valence-corrected chi connectivity index (χ3v) is 2.70. The molecule has 3 N–H and O–H groups in total. The summed E-state index contributed by atoms with van der Waals surface area (Å²) in [4.78, 5) is 13.3. The SMILES string of the molecule is CNC(=O)CCN1CCOC(C(C)N)C1. The Morgan fingerprint density at radius 2 is 2.47 bits per heavy atom. The van der Waals surface area contributed by atoms with E-state index in [-0.39, 0.29) is 18.1 Å². The number of hydrogen-bond donors (Lipinski definition) is 2. The minimum Gasteiger partial charge on any atom is -0.374 e. The van der Waals surface area contributed by atoms with Crippen LogP contribution in [-0.4, -0.2) is 56.2 Å². The van der Waals surface area contributed by atoms with Crippen LogP contribution in [0.15, 0.2) is 0 Å². The quantitative estimate of drug-likeness (QED) is 0.642. The van der Waals surface area contributed by atoms with Crippen LogP contribution >= 0.6 is 0 Å². The molecular formula is C10H21N3O2. The predicted molar refractivity (Wildman–Crippen MR) is 58.5 cm³/mol. The van der Waals surface area contributed by atoms with Gasteiger partial charge in [-0.1, -0.05) is 0 Å². The van der Waals surface area contributed by atoms with Gasteiger partial charge in [0.25, 0.3) is 0 Å². The topological polar surface area (TPSA) is 67.6 Å². The average molecular weight is 215 g/mol. The number of carbonyl (C=O) groups excluding carboxylic acids is 1. The van der Waals surface area contributed by atoms with Gasteiger partial charge in [0.05, 0.1) is 12.7 Å². The van der Waals surface area contributed by atoms with Crippen molar-refractivity contribution >= 4 is 5.91 Å². The van der Waals surface area contributed by atoms with Crippen molar-refractivity contribution in [3.05, 3.63) is 0 Å². The second-order valence-corrected chi connectivity index (χ2v) is 3.99. The zero-order valence-corrected chi connectivity index (χ0v) is 9.53. The molecular weight excluding hydrogens is 194 g/mol. The summed E-state index contributed by atoms with van der Waals surface area (Å²) in [7, 11) is 1.66. The van der Waals surface area contributed by atoms with Crippen molar-refractivity contribution in [1.29, 1.82) is 0 Å². The lowest BCUT2D eigenvalue weighted by molar-refractivity contribution is -0.121. The van der Waals surface area contributed by atoms with Gasteiger partial charge < -0.3 is 15.8 Å². The van der Waals surface area contributed by atoms with Crippen molar-refractivity contribution in [1.82, 2.24) is 10.2 Å². The number of nitrogens with zero attached hydrogens (tertiary/aromatic N) is 1. The minimum absolute atomic E-state index is 0.0489. The van der Waals surface area contributed by atoms with Crippen molar-refractivity contribution in [2.75, 3.05) is 33.3 Å². The van der Waals surface area contributed by atoms with Crippen molar-refractivity contribution in [2.24, 2.45) is 5.73 Å². The van der Waals surface area contributed by atoms with Crippen LogP contribution in [0.5, 0.6) is 0 Å². The Balaban J connectivity index is 2.27. The minimum atomic E-state index is 0.0489. The molecule has 0 aliphatic carbocycles. The maximum Gasteiger partial charge on any atom is 0.221 e. The van der Waals surface area contributed by atoms with Crippen LogP contribution in [0.2, 0.25) is 0 Å². The molecule has 1 aliphatic heterocycles. The summed E-state index contributed by atoms with van der Waals surface area (Å²) in [6, 6.07) is 0.0489. The van der Waals surface area contributed by atoms with Crippen LogP contribution in [0.25, 0.3) is 0 Å². The van der Waals surface area contributed by atoms with Crippen molar-refractivity contribution in [3.63, 3.8) is 0 Å². The molecule has 0 aromatic carbocycles. The van der Waals surface area contributed by atoms with Gasteiger partial charge in [-0.3, -0.25) is 9.69 Å². The molecule has 0 radical (unpaired) electrons. The molecule has 1 saturated heterocycles. The van der Waals surface area contributed by atoms with Crippen molar-refractivity contribution in [2.45, 2.75) is 25.5 Å². The van der Waals surface area contributed by atoms with E-state index in [0.29, 0.717) is 13.0 Å². The van der Waals surface area contributed by atoms with Gasteiger partial charge >= 0.3 is 0 Å².